The molecule has 0 unspecified atom stereocenters. The summed E-state index contributed by atoms with van der Waals surface area (Å²) in [5.41, 5.74) is 6.85. The quantitative estimate of drug-likeness (QED) is 0.270. The van der Waals surface area contributed by atoms with Crippen molar-refractivity contribution in [2.75, 3.05) is 0 Å². The van der Waals surface area contributed by atoms with Gasteiger partial charge in [0.25, 0.3) is 0 Å². The van der Waals surface area contributed by atoms with Gasteiger partial charge >= 0.3 is 0 Å². The van der Waals surface area contributed by atoms with Crippen LogP contribution >= 0.6 is 0 Å². The number of aryl methyl sites for hydroxylation is 1. The van der Waals surface area contributed by atoms with Gasteiger partial charge in [-0.1, -0.05) is 143 Å². The first-order chi connectivity index (χ1) is 16.7. The first-order valence-corrected chi connectivity index (χ1v) is 13.6. The van der Waals surface area contributed by atoms with Crippen LogP contribution in [0.15, 0.2) is 78.9 Å². The van der Waals surface area contributed by atoms with Crippen LogP contribution in [0, 0.1) is 11.8 Å². The summed E-state index contributed by atoms with van der Waals surface area (Å²) in [7, 11) is 0. The van der Waals surface area contributed by atoms with E-state index in [1.165, 1.54) is 79.2 Å². The smallest absolute Gasteiger partial charge is 0.0150 e. The fraction of sp³-hybridized carbons (Fsp3) is 0.412. The third kappa shape index (κ3) is 7.45. The lowest BCUT2D eigenvalue weighted by Gasteiger charge is -2.28. The zero-order valence-electron chi connectivity index (χ0n) is 21.3. The zero-order chi connectivity index (χ0) is 23.6. The van der Waals surface area contributed by atoms with E-state index in [1.54, 1.807) is 0 Å². The van der Waals surface area contributed by atoms with Gasteiger partial charge in [-0.25, -0.2) is 0 Å². The topological polar surface area (TPSA) is 0 Å². The molecule has 0 spiro atoms. The van der Waals surface area contributed by atoms with Crippen LogP contribution in [0.25, 0.3) is 12.2 Å². The van der Waals surface area contributed by atoms with Gasteiger partial charge in [-0.15, -0.1) is 0 Å². The minimum Gasteiger partial charge on any atom is -0.0654 e. The lowest BCUT2D eigenvalue weighted by Crippen LogP contribution is -2.15. The van der Waals surface area contributed by atoms with Gasteiger partial charge in [0.1, 0.15) is 0 Å². The zero-order valence-corrected chi connectivity index (χ0v) is 21.3. The Balaban J connectivity index is 1.23. The maximum Gasteiger partial charge on any atom is -0.0150 e. The van der Waals surface area contributed by atoms with Crippen LogP contribution in [-0.2, 0) is 12.8 Å². The highest BCUT2D eigenvalue weighted by atomic mass is 14.3. The van der Waals surface area contributed by atoms with E-state index in [2.05, 4.69) is 105 Å². The fourth-order valence-electron chi connectivity index (χ4n) is 5.59. The summed E-state index contributed by atoms with van der Waals surface area (Å²) in [6.45, 7) is 4.64. The predicted octanol–water partition coefficient (Wildman–Crippen LogP) is 9.74. The van der Waals surface area contributed by atoms with Gasteiger partial charge < -0.3 is 0 Å². The molecule has 3 aromatic rings. The first kappa shape index (κ1) is 24.5. The molecule has 1 fully saturated rings. The van der Waals surface area contributed by atoms with Crippen molar-refractivity contribution in [2.45, 2.75) is 77.6 Å². The molecule has 1 atom stereocenters. The monoisotopic (exact) mass is 450 g/mol. The van der Waals surface area contributed by atoms with Crippen LogP contribution in [0.4, 0.5) is 0 Å². The summed E-state index contributed by atoms with van der Waals surface area (Å²) in [5, 5.41) is 0. The molecule has 4 rings (SSSR count). The summed E-state index contributed by atoms with van der Waals surface area (Å²) >= 11 is 0. The SMILES string of the molecule is CCCC1CCC(CCc2ccc(C=Cc3ccc(C[C@@H](C)c4ccccc4)cc3)cc2)CC1. The standard InChI is InChI=1S/C34H42/c1-3-7-28-10-12-29(13-11-28)14-15-30-16-18-31(19-17-30)20-21-32-22-24-33(25-23-32)26-27(2)34-8-5-4-6-9-34/h4-6,8-9,16-25,27-29H,3,7,10-15,26H2,1-2H3/t27-,28?,29?/m1/s1. The highest BCUT2D eigenvalue weighted by Gasteiger charge is 2.20. The van der Waals surface area contributed by atoms with Crippen molar-refractivity contribution in [1.29, 1.82) is 0 Å². The van der Waals surface area contributed by atoms with Gasteiger partial charge in [0, 0.05) is 0 Å². The second-order valence-corrected chi connectivity index (χ2v) is 10.5. The van der Waals surface area contributed by atoms with Crippen LogP contribution in [-0.4, -0.2) is 0 Å². The molecular weight excluding hydrogens is 408 g/mol. The lowest BCUT2D eigenvalue weighted by atomic mass is 9.78. The summed E-state index contributed by atoms with van der Waals surface area (Å²) in [4.78, 5) is 0. The molecule has 1 aliphatic carbocycles. The number of hydrogen-bond acceptors (Lipinski definition) is 0. The average molecular weight is 451 g/mol. The van der Waals surface area contributed by atoms with E-state index in [0.29, 0.717) is 5.92 Å². The van der Waals surface area contributed by atoms with Crippen molar-refractivity contribution < 1.29 is 0 Å². The molecule has 0 heterocycles. The Morgan fingerprint density at radius 2 is 1.21 bits per heavy atom. The van der Waals surface area contributed by atoms with Crippen molar-refractivity contribution in [3.8, 4) is 0 Å². The van der Waals surface area contributed by atoms with E-state index in [-0.39, 0.29) is 0 Å². The van der Waals surface area contributed by atoms with Crippen LogP contribution in [0.1, 0.15) is 92.5 Å². The second kappa shape index (κ2) is 12.7. The maximum atomic E-state index is 2.33. The summed E-state index contributed by atoms with van der Waals surface area (Å²) in [6.07, 6.45) is 16.8. The predicted molar refractivity (Wildman–Crippen MR) is 149 cm³/mol. The second-order valence-electron chi connectivity index (χ2n) is 10.5. The molecular formula is C34H42. The molecule has 1 saturated carbocycles. The van der Waals surface area contributed by atoms with Crippen molar-refractivity contribution in [3.63, 3.8) is 0 Å². The number of hydrogen-bond donors (Lipinski definition) is 0. The van der Waals surface area contributed by atoms with Gasteiger partial charge in [-0.2, -0.15) is 0 Å². The normalized spacial score (nSPS) is 19.4. The molecule has 0 saturated heterocycles. The highest BCUT2D eigenvalue weighted by Crippen LogP contribution is 2.33. The minimum atomic E-state index is 0.539. The average Bonchev–Trinajstić information content (AvgIpc) is 2.89. The largest absolute Gasteiger partial charge is 0.0654 e. The van der Waals surface area contributed by atoms with Gasteiger partial charge in [0.15, 0.2) is 0 Å². The Morgan fingerprint density at radius 3 is 1.76 bits per heavy atom. The van der Waals surface area contributed by atoms with E-state index >= 15 is 0 Å². The van der Waals surface area contributed by atoms with Gasteiger partial charge in [-0.05, 0) is 64.8 Å². The van der Waals surface area contributed by atoms with Gasteiger partial charge in [0.2, 0.25) is 0 Å². The Bertz CT molecular complexity index is 986. The Hall–Kier alpha value is -2.60. The molecule has 0 aliphatic heterocycles. The summed E-state index contributed by atoms with van der Waals surface area (Å²) in [6, 6.07) is 29.1. The summed E-state index contributed by atoms with van der Waals surface area (Å²) < 4.78 is 0. The first-order valence-electron chi connectivity index (χ1n) is 13.6. The van der Waals surface area contributed by atoms with E-state index < -0.39 is 0 Å². The molecule has 0 aromatic heterocycles. The molecule has 0 amide bonds. The molecule has 0 radical (unpaired) electrons. The summed E-state index contributed by atoms with van der Waals surface area (Å²) in [5.74, 6) is 2.50. The van der Waals surface area contributed by atoms with Crippen molar-refractivity contribution in [2.24, 2.45) is 11.8 Å². The van der Waals surface area contributed by atoms with Crippen LogP contribution < -0.4 is 0 Å². The molecule has 1 aliphatic rings. The van der Waals surface area contributed by atoms with Crippen molar-refractivity contribution in [1.82, 2.24) is 0 Å². The fourth-order valence-corrected chi connectivity index (χ4v) is 5.59. The van der Waals surface area contributed by atoms with Crippen molar-refractivity contribution >= 4 is 12.2 Å². The third-order valence-corrected chi connectivity index (χ3v) is 7.84. The number of benzene rings is 3. The van der Waals surface area contributed by atoms with Crippen molar-refractivity contribution in [3.05, 3.63) is 107 Å². The molecule has 0 bridgehead atoms. The molecule has 178 valence electrons. The van der Waals surface area contributed by atoms with E-state index in [9.17, 15) is 0 Å². The Morgan fingerprint density at radius 1 is 0.676 bits per heavy atom. The van der Waals surface area contributed by atoms with Gasteiger partial charge in [0.05, 0.1) is 0 Å². The van der Waals surface area contributed by atoms with Crippen LogP contribution in [0.5, 0.6) is 0 Å². The molecule has 0 N–H and O–H groups in total. The maximum absolute atomic E-state index is 2.33. The molecule has 34 heavy (non-hydrogen) atoms. The third-order valence-electron chi connectivity index (χ3n) is 7.84. The highest BCUT2D eigenvalue weighted by molar-refractivity contribution is 5.69. The Labute approximate surface area is 208 Å². The van der Waals surface area contributed by atoms with Crippen LogP contribution in [0.3, 0.4) is 0 Å². The molecule has 3 aromatic carbocycles. The van der Waals surface area contributed by atoms with E-state index in [0.717, 1.165) is 18.3 Å². The van der Waals surface area contributed by atoms with E-state index in [4.69, 9.17) is 0 Å². The Kier molecular flexibility index (Phi) is 9.19. The lowest BCUT2D eigenvalue weighted by molar-refractivity contribution is 0.252. The minimum absolute atomic E-state index is 0.539. The molecule has 0 heteroatoms. The van der Waals surface area contributed by atoms with E-state index in [1.807, 2.05) is 0 Å². The van der Waals surface area contributed by atoms with Crippen LogP contribution in [0.2, 0.25) is 0 Å². The van der Waals surface area contributed by atoms with Gasteiger partial charge in [-0.3, -0.25) is 0 Å². The number of rotatable bonds is 10. The molecule has 0 nitrogen and oxygen atoms in total.